The molecule has 0 saturated carbocycles. The zero-order valence-corrected chi connectivity index (χ0v) is 8.39. The van der Waals surface area contributed by atoms with E-state index in [1.54, 1.807) is 0 Å². The van der Waals surface area contributed by atoms with Crippen molar-refractivity contribution in [2.75, 3.05) is 14.2 Å². The van der Waals surface area contributed by atoms with E-state index in [2.05, 4.69) is 4.74 Å². The first-order valence-corrected chi connectivity index (χ1v) is 4.10. The molecule has 1 aromatic carbocycles. The van der Waals surface area contributed by atoms with Crippen LogP contribution in [-0.2, 0) is 4.74 Å². The second kappa shape index (κ2) is 4.28. The molecule has 5 heteroatoms. The van der Waals surface area contributed by atoms with Crippen LogP contribution in [-0.4, -0.2) is 20.2 Å². The molecule has 1 aromatic rings. The highest BCUT2D eigenvalue weighted by molar-refractivity contribution is 6.32. The molecule has 0 aliphatic carbocycles. The first-order valence-electron chi connectivity index (χ1n) is 3.72. The van der Waals surface area contributed by atoms with Crippen molar-refractivity contribution in [3.8, 4) is 5.75 Å². The predicted octanol–water partition coefficient (Wildman–Crippen LogP) is 2.27. The third-order valence-electron chi connectivity index (χ3n) is 1.67. The minimum atomic E-state index is -0.835. The first-order chi connectivity index (χ1) is 6.61. The summed E-state index contributed by atoms with van der Waals surface area (Å²) in [6.07, 6.45) is 0. The summed E-state index contributed by atoms with van der Waals surface area (Å²) >= 11 is 5.59. The van der Waals surface area contributed by atoms with Crippen LogP contribution in [0.1, 0.15) is 10.4 Å². The third-order valence-corrected chi connectivity index (χ3v) is 2.02. The highest BCUT2D eigenvalue weighted by atomic mass is 35.5. The Kier molecular flexibility index (Phi) is 3.30. The van der Waals surface area contributed by atoms with Crippen molar-refractivity contribution in [2.24, 2.45) is 0 Å². The van der Waals surface area contributed by atoms with Gasteiger partial charge in [0, 0.05) is 0 Å². The number of halogens is 2. The largest absolute Gasteiger partial charge is 0.495 e. The lowest BCUT2D eigenvalue weighted by molar-refractivity contribution is 0.0595. The SMILES string of the molecule is COC(=O)c1ccc(OC)c(Cl)c1F. The van der Waals surface area contributed by atoms with E-state index in [0.717, 1.165) is 0 Å². The fourth-order valence-corrected chi connectivity index (χ4v) is 1.20. The fraction of sp³-hybridized carbons (Fsp3) is 0.222. The number of benzene rings is 1. The van der Waals surface area contributed by atoms with Gasteiger partial charge in [-0.2, -0.15) is 0 Å². The summed E-state index contributed by atoms with van der Waals surface area (Å²) in [7, 11) is 2.53. The van der Waals surface area contributed by atoms with Crippen LogP contribution in [0.15, 0.2) is 12.1 Å². The predicted molar refractivity (Wildman–Crippen MR) is 49.3 cm³/mol. The summed E-state index contributed by atoms with van der Waals surface area (Å²) < 4.78 is 22.5. The van der Waals surface area contributed by atoms with E-state index < -0.39 is 11.8 Å². The fourth-order valence-electron chi connectivity index (χ4n) is 0.957. The van der Waals surface area contributed by atoms with Crippen LogP contribution in [0, 0.1) is 5.82 Å². The molecule has 76 valence electrons. The number of ether oxygens (including phenoxy) is 2. The van der Waals surface area contributed by atoms with Gasteiger partial charge in [-0.05, 0) is 12.1 Å². The van der Waals surface area contributed by atoms with E-state index in [1.807, 2.05) is 0 Å². The van der Waals surface area contributed by atoms with Crippen molar-refractivity contribution < 1.29 is 18.7 Å². The Labute approximate surface area is 85.4 Å². The Morgan fingerprint density at radius 3 is 2.57 bits per heavy atom. The van der Waals surface area contributed by atoms with Gasteiger partial charge in [0.2, 0.25) is 0 Å². The van der Waals surface area contributed by atoms with Gasteiger partial charge in [-0.25, -0.2) is 9.18 Å². The lowest BCUT2D eigenvalue weighted by Gasteiger charge is -2.06. The molecular weight excluding hydrogens is 211 g/mol. The van der Waals surface area contributed by atoms with E-state index in [0.29, 0.717) is 0 Å². The Bertz CT molecular complexity index is 365. The summed E-state index contributed by atoms with van der Waals surface area (Å²) in [5, 5.41) is -0.226. The van der Waals surface area contributed by atoms with Crippen LogP contribution in [0.5, 0.6) is 5.75 Å². The number of rotatable bonds is 2. The maximum absolute atomic E-state index is 13.4. The number of esters is 1. The lowest BCUT2D eigenvalue weighted by Crippen LogP contribution is -2.05. The normalized spacial score (nSPS) is 9.71. The van der Waals surface area contributed by atoms with E-state index in [4.69, 9.17) is 16.3 Å². The summed E-state index contributed by atoms with van der Waals surface area (Å²) in [6, 6.07) is 2.66. The van der Waals surface area contributed by atoms with E-state index in [1.165, 1.54) is 26.4 Å². The minimum absolute atomic E-state index is 0.178. The maximum Gasteiger partial charge on any atom is 0.340 e. The average molecular weight is 219 g/mol. The molecule has 0 N–H and O–H groups in total. The van der Waals surface area contributed by atoms with Crippen molar-refractivity contribution >= 4 is 17.6 Å². The molecule has 0 aliphatic rings. The van der Waals surface area contributed by atoms with E-state index >= 15 is 0 Å². The van der Waals surface area contributed by atoms with Gasteiger partial charge >= 0.3 is 5.97 Å². The molecule has 0 radical (unpaired) electrons. The standard InChI is InChI=1S/C9H8ClFO3/c1-13-6-4-3-5(9(12)14-2)8(11)7(6)10/h3-4H,1-2H3. The summed E-state index contributed by atoms with van der Waals surface area (Å²) in [4.78, 5) is 11.0. The van der Waals surface area contributed by atoms with Gasteiger partial charge in [-0.15, -0.1) is 0 Å². The van der Waals surface area contributed by atoms with Gasteiger partial charge in [0.1, 0.15) is 10.8 Å². The molecule has 0 atom stereocenters. The van der Waals surface area contributed by atoms with E-state index in [-0.39, 0.29) is 16.3 Å². The van der Waals surface area contributed by atoms with Crippen LogP contribution in [0.2, 0.25) is 5.02 Å². The molecule has 0 amide bonds. The molecule has 0 unspecified atom stereocenters. The molecule has 0 heterocycles. The van der Waals surface area contributed by atoms with Gasteiger partial charge in [0.05, 0.1) is 19.8 Å². The van der Waals surface area contributed by atoms with Gasteiger partial charge in [0.25, 0.3) is 0 Å². The molecule has 1 rings (SSSR count). The van der Waals surface area contributed by atoms with Crippen LogP contribution >= 0.6 is 11.6 Å². The number of hydrogen-bond acceptors (Lipinski definition) is 3. The Morgan fingerprint density at radius 2 is 2.07 bits per heavy atom. The second-order valence-corrected chi connectivity index (χ2v) is 2.81. The molecule has 0 bridgehead atoms. The number of methoxy groups -OCH3 is 2. The monoisotopic (exact) mass is 218 g/mol. The molecule has 0 aliphatic heterocycles. The molecule has 0 aromatic heterocycles. The number of carbonyl (C=O) groups is 1. The van der Waals surface area contributed by atoms with Crippen LogP contribution in [0.3, 0.4) is 0 Å². The first kappa shape index (κ1) is 10.8. The smallest absolute Gasteiger partial charge is 0.340 e. The maximum atomic E-state index is 13.4. The number of hydrogen-bond donors (Lipinski definition) is 0. The summed E-state index contributed by atoms with van der Waals surface area (Å²) in [5.74, 6) is -1.43. The highest BCUT2D eigenvalue weighted by Crippen LogP contribution is 2.29. The van der Waals surface area contributed by atoms with Gasteiger partial charge in [0.15, 0.2) is 5.82 Å². The Balaban J connectivity index is 3.24. The van der Waals surface area contributed by atoms with Crippen molar-refractivity contribution in [3.05, 3.63) is 28.5 Å². The molecule has 0 spiro atoms. The molecule has 14 heavy (non-hydrogen) atoms. The van der Waals surface area contributed by atoms with Gasteiger partial charge in [-0.1, -0.05) is 11.6 Å². The van der Waals surface area contributed by atoms with Crippen LogP contribution < -0.4 is 4.74 Å². The van der Waals surface area contributed by atoms with Crippen LogP contribution in [0.4, 0.5) is 4.39 Å². The van der Waals surface area contributed by atoms with E-state index in [9.17, 15) is 9.18 Å². The van der Waals surface area contributed by atoms with Crippen LogP contribution in [0.25, 0.3) is 0 Å². The van der Waals surface area contributed by atoms with Crippen molar-refractivity contribution in [1.29, 1.82) is 0 Å². The Morgan fingerprint density at radius 1 is 1.43 bits per heavy atom. The number of carbonyl (C=O) groups excluding carboxylic acids is 1. The molecule has 0 fully saturated rings. The zero-order valence-electron chi connectivity index (χ0n) is 7.64. The Hall–Kier alpha value is -1.29. The minimum Gasteiger partial charge on any atom is -0.495 e. The van der Waals surface area contributed by atoms with Gasteiger partial charge < -0.3 is 9.47 Å². The lowest BCUT2D eigenvalue weighted by atomic mass is 10.2. The molecule has 3 nitrogen and oxygen atoms in total. The average Bonchev–Trinajstić information content (AvgIpc) is 2.21. The molecular formula is C9H8ClFO3. The van der Waals surface area contributed by atoms with Crippen molar-refractivity contribution in [1.82, 2.24) is 0 Å². The third kappa shape index (κ3) is 1.80. The summed E-state index contributed by atoms with van der Waals surface area (Å²) in [5.41, 5.74) is -0.210. The molecule has 0 saturated heterocycles. The topological polar surface area (TPSA) is 35.5 Å². The second-order valence-electron chi connectivity index (χ2n) is 2.43. The summed E-state index contributed by atoms with van der Waals surface area (Å²) in [6.45, 7) is 0. The zero-order chi connectivity index (χ0) is 10.7. The van der Waals surface area contributed by atoms with Gasteiger partial charge in [-0.3, -0.25) is 0 Å². The highest BCUT2D eigenvalue weighted by Gasteiger charge is 2.17. The van der Waals surface area contributed by atoms with Crippen molar-refractivity contribution in [2.45, 2.75) is 0 Å². The van der Waals surface area contributed by atoms with Crippen molar-refractivity contribution in [3.63, 3.8) is 0 Å². The quantitative estimate of drug-likeness (QED) is 0.715.